The van der Waals surface area contributed by atoms with Crippen molar-refractivity contribution >= 4 is 11.7 Å². The van der Waals surface area contributed by atoms with Gasteiger partial charge in [-0.25, -0.2) is 4.79 Å². The molecule has 1 aromatic rings. The Morgan fingerprint density at radius 1 is 1.24 bits per heavy atom. The molecule has 1 aromatic carbocycles. The van der Waals surface area contributed by atoms with Crippen LogP contribution in [0, 0.1) is 5.92 Å². The summed E-state index contributed by atoms with van der Waals surface area (Å²) in [5.74, 6) is 0.491. The highest BCUT2D eigenvalue weighted by atomic mass is 16.5. The summed E-state index contributed by atoms with van der Waals surface area (Å²) < 4.78 is 5.34. The average molecular weight is 291 g/mol. The largest absolute Gasteiger partial charge is 0.381 e. The van der Waals surface area contributed by atoms with Crippen LogP contribution in [-0.4, -0.2) is 25.3 Å². The van der Waals surface area contributed by atoms with Crippen molar-refractivity contribution in [1.29, 1.82) is 0 Å². The quantitative estimate of drug-likeness (QED) is 0.798. The Balaban J connectivity index is 1.83. The summed E-state index contributed by atoms with van der Waals surface area (Å²) in [6, 6.07) is 7.60. The molecule has 2 rings (SSSR count). The van der Waals surface area contributed by atoms with Gasteiger partial charge >= 0.3 is 6.03 Å². The van der Waals surface area contributed by atoms with Crippen molar-refractivity contribution in [2.45, 2.75) is 38.8 Å². The lowest BCUT2D eigenvalue weighted by molar-refractivity contribution is 0.0573. The summed E-state index contributed by atoms with van der Waals surface area (Å²) in [6.45, 7) is 5.56. The Kier molecular flexibility index (Phi) is 5.59. The highest BCUT2D eigenvalue weighted by Gasteiger charge is 2.21. The normalized spacial score (nSPS) is 18.8. The minimum absolute atomic E-state index is 0.00131. The van der Waals surface area contributed by atoms with Gasteiger partial charge in [0.2, 0.25) is 0 Å². The fraction of sp³-hybridized carbons (Fsp3) is 0.562. The van der Waals surface area contributed by atoms with E-state index in [4.69, 9.17) is 10.5 Å². The number of carbonyl (C=O) groups is 1. The molecule has 2 amide bonds. The molecule has 1 saturated heterocycles. The Bertz CT molecular complexity index is 453. The molecule has 1 aliphatic rings. The molecule has 0 saturated carbocycles. The van der Waals surface area contributed by atoms with Crippen LogP contribution in [0.4, 0.5) is 10.5 Å². The fourth-order valence-corrected chi connectivity index (χ4v) is 2.58. The predicted octanol–water partition coefficient (Wildman–Crippen LogP) is 2.64. The first-order chi connectivity index (χ1) is 10.1. The van der Waals surface area contributed by atoms with Crippen LogP contribution in [-0.2, 0) is 4.74 Å². The van der Waals surface area contributed by atoms with Crippen LogP contribution >= 0.6 is 0 Å². The lowest BCUT2D eigenvalue weighted by Crippen LogP contribution is -2.42. The third-order valence-corrected chi connectivity index (χ3v) is 4.03. The number of benzene rings is 1. The lowest BCUT2D eigenvalue weighted by Gasteiger charge is -2.28. The molecule has 116 valence electrons. The van der Waals surface area contributed by atoms with E-state index >= 15 is 0 Å². The van der Waals surface area contributed by atoms with E-state index in [1.54, 1.807) is 0 Å². The van der Waals surface area contributed by atoms with Crippen LogP contribution in [0.1, 0.15) is 38.3 Å². The van der Waals surface area contributed by atoms with E-state index in [0.717, 1.165) is 37.3 Å². The Morgan fingerprint density at radius 2 is 1.86 bits per heavy atom. The fourth-order valence-electron chi connectivity index (χ4n) is 2.58. The number of nitrogens with two attached hydrogens (primary N) is 1. The van der Waals surface area contributed by atoms with E-state index in [1.165, 1.54) is 0 Å². The van der Waals surface area contributed by atoms with E-state index in [-0.39, 0.29) is 18.1 Å². The lowest BCUT2D eigenvalue weighted by atomic mass is 9.93. The van der Waals surface area contributed by atoms with Crippen molar-refractivity contribution in [3.8, 4) is 0 Å². The van der Waals surface area contributed by atoms with Crippen LogP contribution in [0.3, 0.4) is 0 Å². The van der Waals surface area contributed by atoms with Gasteiger partial charge in [-0.05, 0) is 50.3 Å². The van der Waals surface area contributed by atoms with Crippen molar-refractivity contribution in [3.05, 3.63) is 29.8 Å². The Hall–Kier alpha value is -1.59. The van der Waals surface area contributed by atoms with Gasteiger partial charge in [-0.15, -0.1) is 0 Å². The molecule has 1 heterocycles. The molecule has 21 heavy (non-hydrogen) atoms. The SMILES string of the molecule is CC(N)c1ccc(NC(=O)NC(C)C2CCOCC2)cc1. The zero-order valence-corrected chi connectivity index (χ0v) is 12.8. The van der Waals surface area contributed by atoms with Crippen molar-refractivity contribution in [2.75, 3.05) is 18.5 Å². The third kappa shape index (κ3) is 4.72. The molecule has 1 fully saturated rings. The first kappa shape index (κ1) is 15.8. The maximum absolute atomic E-state index is 12.0. The second kappa shape index (κ2) is 7.43. The second-order valence-electron chi connectivity index (χ2n) is 5.75. The van der Waals surface area contributed by atoms with Crippen molar-refractivity contribution in [2.24, 2.45) is 11.7 Å². The summed E-state index contributed by atoms with van der Waals surface area (Å²) in [5.41, 5.74) is 7.63. The maximum Gasteiger partial charge on any atom is 0.319 e. The standard InChI is InChI=1S/C16H25N3O2/c1-11(17)13-3-5-15(6-4-13)19-16(20)18-12(2)14-7-9-21-10-8-14/h3-6,11-12,14H,7-10,17H2,1-2H3,(H2,18,19,20). The summed E-state index contributed by atoms with van der Waals surface area (Å²) in [6.07, 6.45) is 2.01. The molecule has 1 aliphatic heterocycles. The third-order valence-electron chi connectivity index (χ3n) is 4.03. The minimum atomic E-state index is -0.164. The van der Waals surface area contributed by atoms with E-state index in [9.17, 15) is 4.79 Å². The van der Waals surface area contributed by atoms with Crippen LogP contribution in [0.15, 0.2) is 24.3 Å². The van der Waals surface area contributed by atoms with Gasteiger partial charge in [0.25, 0.3) is 0 Å². The molecule has 5 heteroatoms. The van der Waals surface area contributed by atoms with Crippen LogP contribution < -0.4 is 16.4 Å². The summed E-state index contributed by atoms with van der Waals surface area (Å²) >= 11 is 0. The van der Waals surface area contributed by atoms with Gasteiger partial charge in [0.15, 0.2) is 0 Å². The number of anilines is 1. The van der Waals surface area contributed by atoms with E-state index in [2.05, 4.69) is 17.6 Å². The van der Waals surface area contributed by atoms with Gasteiger partial charge in [0, 0.05) is 31.0 Å². The molecule has 0 radical (unpaired) electrons. The van der Waals surface area contributed by atoms with Gasteiger partial charge in [-0.3, -0.25) is 0 Å². The first-order valence-corrected chi connectivity index (χ1v) is 7.57. The average Bonchev–Trinajstić information content (AvgIpc) is 2.48. The minimum Gasteiger partial charge on any atom is -0.381 e. The second-order valence-corrected chi connectivity index (χ2v) is 5.75. The van der Waals surface area contributed by atoms with Gasteiger partial charge in [0.1, 0.15) is 0 Å². The van der Waals surface area contributed by atoms with Crippen LogP contribution in [0.2, 0.25) is 0 Å². The number of hydrogen-bond donors (Lipinski definition) is 3. The molecule has 2 unspecified atom stereocenters. The number of urea groups is 1. The molecular weight excluding hydrogens is 266 g/mol. The van der Waals surface area contributed by atoms with E-state index in [0.29, 0.717) is 5.92 Å². The van der Waals surface area contributed by atoms with Crippen molar-refractivity contribution in [1.82, 2.24) is 5.32 Å². The highest BCUT2D eigenvalue weighted by Crippen LogP contribution is 2.19. The number of hydrogen-bond acceptors (Lipinski definition) is 3. The summed E-state index contributed by atoms with van der Waals surface area (Å²) in [4.78, 5) is 12.0. The first-order valence-electron chi connectivity index (χ1n) is 7.57. The van der Waals surface area contributed by atoms with Gasteiger partial charge in [-0.1, -0.05) is 12.1 Å². The zero-order chi connectivity index (χ0) is 15.2. The van der Waals surface area contributed by atoms with Gasteiger partial charge in [-0.2, -0.15) is 0 Å². The summed E-state index contributed by atoms with van der Waals surface area (Å²) in [7, 11) is 0. The van der Waals surface area contributed by atoms with Gasteiger partial charge < -0.3 is 21.1 Å². The number of ether oxygens (including phenoxy) is 1. The molecule has 0 spiro atoms. The number of rotatable bonds is 4. The molecule has 5 nitrogen and oxygen atoms in total. The topological polar surface area (TPSA) is 76.4 Å². The number of carbonyl (C=O) groups excluding carboxylic acids is 1. The smallest absolute Gasteiger partial charge is 0.319 e. The summed E-state index contributed by atoms with van der Waals surface area (Å²) in [5, 5.41) is 5.86. The van der Waals surface area contributed by atoms with Gasteiger partial charge in [0.05, 0.1) is 0 Å². The molecule has 4 N–H and O–H groups in total. The van der Waals surface area contributed by atoms with Crippen molar-refractivity contribution in [3.63, 3.8) is 0 Å². The molecular formula is C16H25N3O2. The van der Waals surface area contributed by atoms with E-state index < -0.39 is 0 Å². The zero-order valence-electron chi connectivity index (χ0n) is 12.8. The number of nitrogens with one attached hydrogen (secondary N) is 2. The molecule has 0 aliphatic carbocycles. The Labute approximate surface area is 126 Å². The van der Waals surface area contributed by atoms with Crippen LogP contribution in [0.5, 0.6) is 0 Å². The molecule has 2 atom stereocenters. The van der Waals surface area contributed by atoms with Crippen LogP contribution in [0.25, 0.3) is 0 Å². The monoisotopic (exact) mass is 291 g/mol. The highest BCUT2D eigenvalue weighted by molar-refractivity contribution is 5.89. The molecule has 0 aromatic heterocycles. The predicted molar refractivity (Wildman–Crippen MR) is 84.2 cm³/mol. The Morgan fingerprint density at radius 3 is 2.43 bits per heavy atom. The maximum atomic E-state index is 12.0. The number of amides is 2. The van der Waals surface area contributed by atoms with E-state index in [1.807, 2.05) is 31.2 Å². The molecule has 0 bridgehead atoms. The van der Waals surface area contributed by atoms with Crippen molar-refractivity contribution < 1.29 is 9.53 Å².